The van der Waals surface area contributed by atoms with Crippen molar-refractivity contribution in [3.63, 3.8) is 0 Å². The minimum absolute atomic E-state index is 0.310. The van der Waals surface area contributed by atoms with Gasteiger partial charge in [0, 0.05) is 31.7 Å². The van der Waals surface area contributed by atoms with Crippen molar-refractivity contribution >= 4 is 0 Å². The van der Waals surface area contributed by atoms with Crippen molar-refractivity contribution in [2.45, 2.75) is 39.2 Å². The number of nitrogens with zero attached hydrogens (tertiary/aromatic N) is 1. The minimum atomic E-state index is 0.310. The normalized spacial score (nSPS) is 25.3. The first-order chi connectivity index (χ1) is 8.63. The van der Waals surface area contributed by atoms with Crippen LogP contribution in [0.1, 0.15) is 31.4 Å². The summed E-state index contributed by atoms with van der Waals surface area (Å²) in [6.07, 6.45) is 2.38. The third kappa shape index (κ3) is 3.33. The Bertz CT molecular complexity index is 388. The van der Waals surface area contributed by atoms with E-state index in [-0.39, 0.29) is 0 Å². The van der Waals surface area contributed by atoms with Gasteiger partial charge in [0.1, 0.15) is 0 Å². The Kier molecular flexibility index (Phi) is 4.41. The van der Waals surface area contributed by atoms with Gasteiger partial charge in [-0.1, -0.05) is 31.2 Å². The van der Waals surface area contributed by atoms with E-state index in [9.17, 15) is 0 Å². The van der Waals surface area contributed by atoms with E-state index in [0.717, 1.165) is 6.54 Å². The van der Waals surface area contributed by atoms with Crippen LogP contribution in [-0.2, 0) is 6.42 Å². The molecule has 1 heterocycles. The fourth-order valence-electron chi connectivity index (χ4n) is 2.74. The van der Waals surface area contributed by atoms with Crippen LogP contribution < -0.4 is 5.32 Å². The molecule has 1 unspecified atom stereocenters. The van der Waals surface area contributed by atoms with Crippen molar-refractivity contribution in [3.8, 4) is 0 Å². The van der Waals surface area contributed by atoms with Gasteiger partial charge < -0.3 is 5.32 Å². The number of benzene rings is 1. The van der Waals surface area contributed by atoms with Crippen LogP contribution in [0.5, 0.6) is 0 Å². The highest BCUT2D eigenvalue weighted by molar-refractivity contribution is 5.25. The van der Waals surface area contributed by atoms with Crippen LogP contribution in [0.4, 0.5) is 0 Å². The Labute approximate surface area is 111 Å². The highest BCUT2D eigenvalue weighted by Gasteiger charge is 2.28. The Morgan fingerprint density at radius 2 is 2.11 bits per heavy atom. The zero-order chi connectivity index (χ0) is 13.0. The summed E-state index contributed by atoms with van der Waals surface area (Å²) in [7, 11) is 0. The molecule has 0 radical (unpaired) electrons. The maximum Gasteiger partial charge on any atom is 0.0278 e. The van der Waals surface area contributed by atoms with E-state index in [1.54, 1.807) is 0 Å². The van der Waals surface area contributed by atoms with Gasteiger partial charge in [-0.3, -0.25) is 4.90 Å². The van der Waals surface area contributed by atoms with Gasteiger partial charge in [0.2, 0.25) is 0 Å². The lowest BCUT2D eigenvalue weighted by Crippen LogP contribution is -2.58. The van der Waals surface area contributed by atoms with Gasteiger partial charge in [-0.15, -0.1) is 0 Å². The summed E-state index contributed by atoms with van der Waals surface area (Å²) >= 11 is 0. The summed E-state index contributed by atoms with van der Waals surface area (Å²) in [5.41, 5.74) is 3.23. The van der Waals surface area contributed by atoms with Crippen molar-refractivity contribution in [2.24, 2.45) is 0 Å². The standard InChI is InChI=1S/C16H26N2/c1-4-16(3)13-18(12-10-17-16)11-9-15-8-6-5-7-14(15)2/h5-8,17H,4,9-13H2,1-3H3. The molecule has 0 bridgehead atoms. The number of rotatable bonds is 4. The number of aryl methyl sites for hydroxylation is 1. The molecule has 1 fully saturated rings. The van der Waals surface area contributed by atoms with Crippen LogP contribution in [-0.4, -0.2) is 36.6 Å². The smallest absolute Gasteiger partial charge is 0.0278 e. The molecule has 100 valence electrons. The van der Waals surface area contributed by atoms with Crippen LogP contribution in [0.25, 0.3) is 0 Å². The predicted octanol–water partition coefficient (Wildman–Crippen LogP) is 2.61. The van der Waals surface area contributed by atoms with Crippen molar-refractivity contribution in [1.29, 1.82) is 0 Å². The molecule has 0 aromatic heterocycles. The van der Waals surface area contributed by atoms with E-state index in [1.165, 1.54) is 43.6 Å². The summed E-state index contributed by atoms with van der Waals surface area (Å²) < 4.78 is 0. The molecule has 0 spiro atoms. The third-order valence-electron chi connectivity index (χ3n) is 4.29. The van der Waals surface area contributed by atoms with Crippen LogP contribution in [0, 0.1) is 6.92 Å². The van der Waals surface area contributed by atoms with Gasteiger partial charge in [0.15, 0.2) is 0 Å². The molecule has 0 saturated carbocycles. The van der Waals surface area contributed by atoms with Gasteiger partial charge in [-0.05, 0) is 37.8 Å². The predicted molar refractivity (Wildman–Crippen MR) is 78.0 cm³/mol. The lowest BCUT2D eigenvalue weighted by atomic mass is 9.95. The largest absolute Gasteiger partial charge is 0.309 e. The van der Waals surface area contributed by atoms with E-state index in [2.05, 4.69) is 55.3 Å². The molecule has 1 saturated heterocycles. The molecule has 18 heavy (non-hydrogen) atoms. The molecule has 1 aliphatic rings. The zero-order valence-corrected chi connectivity index (χ0v) is 12.0. The average Bonchev–Trinajstić information content (AvgIpc) is 2.38. The Morgan fingerprint density at radius 1 is 1.33 bits per heavy atom. The second-order valence-electron chi connectivity index (χ2n) is 5.79. The third-order valence-corrected chi connectivity index (χ3v) is 4.29. The minimum Gasteiger partial charge on any atom is -0.309 e. The van der Waals surface area contributed by atoms with E-state index in [1.807, 2.05) is 0 Å². The van der Waals surface area contributed by atoms with Crippen molar-refractivity contribution in [2.75, 3.05) is 26.2 Å². The SMILES string of the molecule is CCC1(C)CN(CCc2ccccc2C)CCN1. The van der Waals surface area contributed by atoms with E-state index < -0.39 is 0 Å². The first-order valence-electron chi connectivity index (χ1n) is 7.15. The van der Waals surface area contributed by atoms with Gasteiger partial charge in [-0.25, -0.2) is 0 Å². The van der Waals surface area contributed by atoms with Crippen molar-refractivity contribution in [3.05, 3.63) is 35.4 Å². The molecule has 0 aliphatic carbocycles. The lowest BCUT2D eigenvalue weighted by Gasteiger charge is -2.41. The number of nitrogens with one attached hydrogen (secondary N) is 1. The Hall–Kier alpha value is -0.860. The maximum atomic E-state index is 3.64. The van der Waals surface area contributed by atoms with Crippen molar-refractivity contribution in [1.82, 2.24) is 10.2 Å². The second-order valence-corrected chi connectivity index (χ2v) is 5.79. The van der Waals surface area contributed by atoms with Gasteiger partial charge >= 0.3 is 0 Å². The molecular formula is C16H26N2. The van der Waals surface area contributed by atoms with E-state index >= 15 is 0 Å². The second kappa shape index (κ2) is 5.85. The molecule has 1 aliphatic heterocycles. The summed E-state index contributed by atoms with van der Waals surface area (Å²) in [6, 6.07) is 8.74. The number of hydrogen-bond acceptors (Lipinski definition) is 2. The molecule has 2 nitrogen and oxygen atoms in total. The summed E-state index contributed by atoms with van der Waals surface area (Å²) in [5, 5.41) is 3.64. The molecule has 1 aromatic carbocycles. The summed E-state index contributed by atoms with van der Waals surface area (Å²) in [5.74, 6) is 0. The zero-order valence-electron chi connectivity index (χ0n) is 12.0. The van der Waals surface area contributed by atoms with E-state index in [0.29, 0.717) is 5.54 Å². The quantitative estimate of drug-likeness (QED) is 0.878. The molecule has 1 atom stereocenters. The molecule has 2 rings (SSSR count). The van der Waals surface area contributed by atoms with Gasteiger partial charge in [-0.2, -0.15) is 0 Å². The molecular weight excluding hydrogens is 220 g/mol. The van der Waals surface area contributed by atoms with Crippen LogP contribution in [0.15, 0.2) is 24.3 Å². The highest BCUT2D eigenvalue weighted by atomic mass is 15.2. The number of piperazine rings is 1. The molecule has 2 heteroatoms. The Morgan fingerprint density at radius 3 is 2.83 bits per heavy atom. The van der Waals surface area contributed by atoms with Crippen LogP contribution >= 0.6 is 0 Å². The fraction of sp³-hybridized carbons (Fsp3) is 0.625. The first kappa shape index (κ1) is 13.6. The van der Waals surface area contributed by atoms with Crippen LogP contribution in [0.3, 0.4) is 0 Å². The number of hydrogen-bond donors (Lipinski definition) is 1. The highest BCUT2D eigenvalue weighted by Crippen LogP contribution is 2.16. The monoisotopic (exact) mass is 246 g/mol. The average molecular weight is 246 g/mol. The molecule has 1 aromatic rings. The van der Waals surface area contributed by atoms with Crippen LogP contribution in [0.2, 0.25) is 0 Å². The maximum absolute atomic E-state index is 3.64. The Balaban J connectivity index is 1.89. The molecule has 0 amide bonds. The van der Waals surface area contributed by atoms with Gasteiger partial charge in [0.05, 0.1) is 0 Å². The topological polar surface area (TPSA) is 15.3 Å². The first-order valence-corrected chi connectivity index (χ1v) is 7.15. The lowest BCUT2D eigenvalue weighted by molar-refractivity contribution is 0.141. The summed E-state index contributed by atoms with van der Waals surface area (Å²) in [4.78, 5) is 2.60. The van der Waals surface area contributed by atoms with Crippen molar-refractivity contribution < 1.29 is 0 Å². The molecule has 1 N–H and O–H groups in total. The summed E-state index contributed by atoms with van der Waals surface area (Å²) in [6.45, 7) is 11.5. The van der Waals surface area contributed by atoms with E-state index in [4.69, 9.17) is 0 Å². The van der Waals surface area contributed by atoms with Gasteiger partial charge in [0.25, 0.3) is 0 Å². The fourth-order valence-corrected chi connectivity index (χ4v) is 2.74.